The Labute approximate surface area is 354 Å². The molecule has 0 saturated carbocycles. The monoisotopic (exact) mass is 826 g/mol. The molecule has 0 N–H and O–H groups in total. The van der Waals surface area contributed by atoms with E-state index in [0.29, 0.717) is 26.4 Å². The Morgan fingerprint density at radius 3 is 1.51 bits per heavy atom. The van der Waals surface area contributed by atoms with Gasteiger partial charge in [0.1, 0.15) is 18.3 Å². The predicted molar refractivity (Wildman–Crippen MR) is 236 cm³/mol. The Hall–Kier alpha value is -3.43. The van der Waals surface area contributed by atoms with Crippen molar-refractivity contribution in [1.29, 1.82) is 0 Å². The zero-order valence-electron chi connectivity index (χ0n) is 35.2. The lowest BCUT2D eigenvalue weighted by Gasteiger charge is -2.27. The average Bonchev–Trinajstić information content (AvgIpc) is 3.59. The molecule has 9 heteroatoms. The summed E-state index contributed by atoms with van der Waals surface area (Å²) in [6.45, 7) is 5.06. The van der Waals surface area contributed by atoms with E-state index >= 15 is 0 Å². The van der Waals surface area contributed by atoms with Crippen LogP contribution in [0.25, 0.3) is 0 Å². The fourth-order valence-corrected chi connectivity index (χ4v) is 8.81. The van der Waals surface area contributed by atoms with Crippen molar-refractivity contribution in [2.24, 2.45) is 0 Å². The fraction of sp³-hybridized carbons (Fsp3) is 0.480. The summed E-state index contributed by atoms with van der Waals surface area (Å²) < 4.78 is 59.3. The minimum absolute atomic E-state index is 0.0250. The van der Waals surface area contributed by atoms with Crippen LogP contribution in [0, 0.1) is 0 Å². The van der Waals surface area contributed by atoms with Crippen LogP contribution in [-0.2, 0) is 63.7 Å². The molecule has 0 aliphatic carbocycles. The van der Waals surface area contributed by atoms with Gasteiger partial charge in [-0.3, -0.25) is 4.57 Å². The van der Waals surface area contributed by atoms with E-state index in [1.807, 2.05) is 133 Å². The van der Waals surface area contributed by atoms with Gasteiger partial charge in [0.2, 0.25) is 0 Å². The lowest BCUT2D eigenvalue weighted by molar-refractivity contribution is -0.0897. The van der Waals surface area contributed by atoms with Crippen molar-refractivity contribution in [1.82, 2.24) is 0 Å². The van der Waals surface area contributed by atoms with Crippen molar-refractivity contribution in [3.05, 3.63) is 156 Å². The van der Waals surface area contributed by atoms with E-state index in [-0.39, 0.29) is 26.0 Å². The van der Waals surface area contributed by atoms with Crippen molar-refractivity contribution in [2.45, 2.75) is 122 Å². The summed E-state index contributed by atoms with van der Waals surface area (Å²) in [7, 11) is -3.75. The molecule has 0 aromatic heterocycles. The van der Waals surface area contributed by atoms with Gasteiger partial charge >= 0.3 is 7.60 Å². The molecule has 0 bridgehead atoms. The lowest BCUT2D eigenvalue weighted by atomic mass is 10.1. The van der Waals surface area contributed by atoms with E-state index < -0.39 is 32.0 Å². The van der Waals surface area contributed by atoms with Crippen molar-refractivity contribution in [2.75, 3.05) is 32.6 Å². The maximum atomic E-state index is 14.8. The predicted octanol–water partition coefficient (Wildman–Crippen LogP) is 12.1. The minimum Gasteiger partial charge on any atom is -0.377 e. The Kier molecular flexibility index (Phi) is 22.3. The summed E-state index contributed by atoms with van der Waals surface area (Å²) >= 11 is 0. The van der Waals surface area contributed by atoms with Crippen LogP contribution < -0.4 is 0 Å². The Bertz CT molecular complexity index is 1710. The largest absolute Gasteiger partial charge is 0.377 e. The molecule has 4 aromatic carbocycles. The molecular weight excluding hydrogens is 760 g/mol. The van der Waals surface area contributed by atoms with Crippen molar-refractivity contribution in [3.8, 4) is 0 Å². The SMILES string of the molecule is CCCCCCCCCCCCOC/C=C/COP(=O)(C[C@@H]1O[C@H](COCc2ccccc2)[C@@H](OCc2ccccc2)[C@@H]1OCc1ccccc1)OCc1ccccc1. The summed E-state index contributed by atoms with van der Waals surface area (Å²) in [5.74, 6) is 0. The molecule has 1 unspecified atom stereocenters. The molecule has 1 aliphatic rings. The fourth-order valence-electron chi connectivity index (χ4n) is 7.13. The van der Waals surface area contributed by atoms with Crippen LogP contribution in [0.5, 0.6) is 0 Å². The van der Waals surface area contributed by atoms with E-state index in [1.54, 1.807) is 0 Å². The maximum absolute atomic E-state index is 14.8. The molecule has 4 aromatic rings. The number of rotatable bonds is 31. The summed E-state index contributed by atoms with van der Waals surface area (Å²) in [4.78, 5) is 0. The maximum Gasteiger partial charge on any atom is 0.334 e. The van der Waals surface area contributed by atoms with Crippen LogP contribution in [0.2, 0.25) is 0 Å². The molecule has 0 amide bonds. The second-order valence-corrected chi connectivity index (χ2v) is 17.4. The number of unbranched alkanes of at least 4 members (excludes halogenated alkanes) is 9. The van der Waals surface area contributed by atoms with Gasteiger partial charge in [-0.25, -0.2) is 0 Å². The van der Waals surface area contributed by atoms with Crippen molar-refractivity contribution < 1.29 is 37.3 Å². The second kappa shape index (κ2) is 28.2. The van der Waals surface area contributed by atoms with Crippen molar-refractivity contribution in [3.63, 3.8) is 0 Å². The standard InChI is InChI=1S/C50H67O8P/c1-2-3-4-5-6-7-8-9-10-23-34-52-35-24-25-36-56-59(51,57-40-46-32-21-14-22-33-46)42-48-50(55-39-45-30-19-13-20-31-45)49(54-38-44-28-17-12-18-29-44)47(58-48)41-53-37-43-26-15-11-16-27-43/h11-22,24-33,47-50H,2-10,23,34-42H2,1H3/b25-24+/t47-,48+,49-,50-,59?/m1/s1. The Balaban J connectivity index is 1.21. The Morgan fingerprint density at radius 1 is 0.508 bits per heavy atom. The molecule has 0 spiro atoms. The van der Waals surface area contributed by atoms with Crippen LogP contribution in [0.3, 0.4) is 0 Å². The van der Waals surface area contributed by atoms with Crippen LogP contribution >= 0.6 is 7.60 Å². The van der Waals surface area contributed by atoms with Gasteiger partial charge in [0.25, 0.3) is 0 Å². The van der Waals surface area contributed by atoms with Gasteiger partial charge < -0.3 is 32.7 Å². The number of hydrogen-bond acceptors (Lipinski definition) is 8. The third kappa shape index (κ3) is 18.4. The van der Waals surface area contributed by atoms with Crippen LogP contribution in [0.15, 0.2) is 133 Å². The van der Waals surface area contributed by atoms with Gasteiger partial charge in [-0.2, -0.15) is 0 Å². The zero-order valence-corrected chi connectivity index (χ0v) is 36.1. The van der Waals surface area contributed by atoms with Crippen LogP contribution in [-0.4, -0.2) is 57.0 Å². The molecule has 1 heterocycles. The molecule has 0 radical (unpaired) electrons. The lowest BCUT2D eigenvalue weighted by Crippen LogP contribution is -2.40. The number of hydrogen-bond donors (Lipinski definition) is 0. The highest BCUT2D eigenvalue weighted by Gasteiger charge is 2.49. The van der Waals surface area contributed by atoms with Gasteiger partial charge in [0.15, 0.2) is 0 Å². The van der Waals surface area contributed by atoms with Gasteiger partial charge in [-0.1, -0.05) is 198 Å². The van der Waals surface area contributed by atoms with Crippen molar-refractivity contribution >= 4 is 7.60 Å². The number of ether oxygens (including phenoxy) is 5. The van der Waals surface area contributed by atoms with E-state index in [4.69, 9.17) is 32.7 Å². The van der Waals surface area contributed by atoms with E-state index in [1.165, 1.54) is 57.8 Å². The summed E-state index contributed by atoms with van der Waals surface area (Å²) in [5, 5.41) is 0. The zero-order chi connectivity index (χ0) is 41.1. The minimum atomic E-state index is -3.75. The quantitative estimate of drug-likeness (QED) is 0.0282. The van der Waals surface area contributed by atoms with Gasteiger partial charge in [0.05, 0.1) is 58.5 Å². The third-order valence-corrected chi connectivity index (χ3v) is 12.3. The molecule has 320 valence electrons. The normalized spacial score (nSPS) is 19.0. The van der Waals surface area contributed by atoms with Gasteiger partial charge in [-0.05, 0) is 28.7 Å². The van der Waals surface area contributed by atoms with Crippen LogP contribution in [0.1, 0.15) is 93.4 Å². The summed E-state index contributed by atoms with van der Waals surface area (Å²) in [5.41, 5.74) is 4.00. The molecule has 5 rings (SSSR count). The molecule has 5 atom stereocenters. The molecular formula is C50H67O8P. The van der Waals surface area contributed by atoms with E-state index in [9.17, 15) is 4.57 Å². The molecule has 8 nitrogen and oxygen atoms in total. The summed E-state index contributed by atoms with van der Waals surface area (Å²) in [6, 6.07) is 39.8. The Morgan fingerprint density at radius 2 is 0.966 bits per heavy atom. The first kappa shape index (κ1) is 46.6. The van der Waals surface area contributed by atoms with Crippen LogP contribution in [0.4, 0.5) is 0 Å². The highest BCUT2D eigenvalue weighted by Crippen LogP contribution is 2.52. The first-order valence-electron chi connectivity index (χ1n) is 21.8. The number of benzene rings is 4. The molecule has 1 fully saturated rings. The molecule has 59 heavy (non-hydrogen) atoms. The molecule has 1 saturated heterocycles. The molecule has 1 aliphatic heterocycles. The first-order chi connectivity index (χ1) is 29.1. The second-order valence-electron chi connectivity index (χ2n) is 15.3. The van der Waals surface area contributed by atoms with E-state index in [0.717, 1.165) is 35.3 Å². The first-order valence-corrected chi connectivity index (χ1v) is 23.6. The highest BCUT2D eigenvalue weighted by atomic mass is 31.2. The van der Waals surface area contributed by atoms with E-state index in [2.05, 4.69) is 6.92 Å². The van der Waals surface area contributed by atoms with Gasteiger partial charge in [-0.15, -0.1) is 0 Å². The third-order valence-electron chi connectivity index (χ3n) is 10.4. The smallest absolute Gasteiger partial charge is 0.334 e. The highest BCUT2D eigenvalue weighted by molar-refractivity contribution is 7.53. The van der Waals surface area contributed by atoms with Gasteiger partial charge in [0, 0.05) is 6.61 Å². The topological polar surface area (TPSA) is 81.7 Å². The average molecular weight is 827 g/mol. The summed E-state index contributed by atoms with van der Waals surface area (Å²) in [6.07, 6.45) is 14.4.